The molecule has 1 atom stereocenters. The van der Waals surface area contributed by atoms with Crippen LogP contribution in [0.15, 0.2) is 79.0 Å². The lowest BCUT2D eigenvalue weighted by Gasteiger charge is -2.35. The predicted molar refractivity (Wildman–Crippen MR) is 184 cm³/mol. The molecule has 0 radical (unpaired) electrons. The van der Waals surface area contributed by atoms with Gasteiger partial charge in [-0.05, 0) is 67.3 Å². The average Bonchev–Trinajstić information content (AvgIpc) is 3.56. The number of benzene rings is 3. The summed E-state index contributed by atoms with van der Waals surface area (Å²) in [5, 5.41) is 2.95. The first-order chi connectivity index (χ1) is 22.9. The van der Waals surface area contributed by atoms with Crippen LogP contribution in [0.4, 0.5) is 10.5 Å². The van der Waals surface area contributed by atoms with Gasteiger partial charge in [0.15, 0.2) is 9.84 Å². The maximum atomic E-state index is 12.9. The van der Waals surface area contributed by atoms with Crippen LogP contribution in [0.5, 0.6) is 0 Å². The van der Waals surface area contributed by atoms with E-state index in [1.807, 2.05) is 81.4 Å². The molecule has 2 fully saturated rings. The van der Waals surface area contributed by atoms with Crippen molar-refractivity contribution in [2.45, 2.75) is 39.0 Å². The highest BCUT2D eigenvalue weighted by atomic mass is 32.2. The van der Waals surface area contributed by atoms with Gasteiger partial charge >= 0.3 is 6.09 Å². The summed E-state index contributed by atoms with van der Waals surface area (Å²) in [6.07, 6.45) is 1.37. The highest BCUT2D eigenvalue weighted by Crippen LogP contribution is 2.29. The van der Waals surface area contributed by atoms with Gasteiger partial charge in [-0.25, -0.2) is 18.2 Å². The lowest BCUT2D eigenvalue weighted by Crippen LogP contribution is -2.46. The third kappa shape index (κ3) is 8.30. The smallest absolute Gasteiger partial charge is 0.411 e. The van der Waals surface area contributed by atoms with E-state index in [4.69, 9.17) is 9.47 Å². The summed E-state index contributed by atoms with van der Waals surface area (Å²) in [6, 6.07) is 22.8. The second-order valence-corrected chi connectivity index (χ2v) is 15.5. The molecule has 6 rings (SSSR count). The Bertz CT molecular complexity index is 1830. The Morgan fingerprint density at radius 3 is 2.19 bits per heavy atom. The molecule has 12 heteroatoms. The maximum Gasteiger partial charge on any atom is 0.411 e. The zero-order valence-electron chi connectivity index (χ0n) is 27.4. The van der Waals surface area contributed by atoms with Crippen LogP contribution in [-0.2, 0) is 25.9 Å². The van der Waals surface area contributed by atoms with Crippen LogP contribution in [0.1, 0.15) is 48.6 Å². The molecule has 48 heavy (non-hydrogen) atoms. The quantitative estimate of drug-likeness (QED) is 0.262. The monoisotopic (exact) mass is 671 g/mol. The minimum absolute atomic E-state index is 0.200. The van der Waals surface area contributed by atoms with Crippen LogP contribution in [0, 0.1) is 0 Å². The second-order valence-electron chi connectivity index (χ2n) is 13.2. The SMILES string of the molecule is CC(C)(C)OC(=O)N1CCOC[C@H]1c1ncc(-c2ccc(-c3ccc(C(=O)Nc4ccc(CN5CCS(=O)(=O)CC5)cc4)cc3)cc2)[nH]1. The molecule has 4 aromatic rings. The van der Waals surface area contributed by atoms with Crippen LogP contribution >= 0.6 is 0 Å². The molecule has 2 aliphatic heterocycles. The summed E-state index contributed by atoms with van der Waals surface area (Å²) >= 11 is 0. The number of carbonyl (C=O) groups excluding carboxylic acids is 2. The Balaban J connectivity index is 1.05. The minimum Gasteiger partial charge on any atom is -0.444 e. The second kappa shape index (κ2) is 13.9. The van der Waals surface area contributed by atoms with E-state index in [2.05, 4.69) is 20.2 Å². The Labute approximate surface area is 281 Å². The number of morpholine rings is 1. The third-order valence-corrected chi connectivity index (χ3v) is 10.0. The van der Waals surface area contributed by atoms with Crippen LogP contribution in [0.3, 0.4) is 0 Å². The molecule has 0 unspecified atom stereocenters. The van der Waals surface area contributed by atoms with Crippen molar-refractivity contribution in [1.82, 2.24) is 19.8 Å². The number of nitrogens with one attached hydrogen (secondary N) is 2. The molecule has 1 aromatic heterocycles. The fraction of sp³-hybridized carbons (Fsp3) is 0.361. The number of hydrogen-bond donors (Lipinski definition) is 2. The summed E-state index contributed by atoms with van der Waals surface area (Å²) in [6.45, 7) is 8.51. The number of amides is 2. The molecule has 2 saturated heterocycles. The van der Waals surface area contributed by atoms with Gasteiger partial charge in [0.25, 0.3) is 5.91 Å². The van der Waals surface area contributed by atoms with Gasteiger partial charge in [0.05, 0.1) is 36.6 Å². The number of nitrogens with zero attached hydrogens (tertiary/aromatic N) is 3. The first kappa shape index (κ1) is 33.4. The number of ether oxygens (including phenoxy) is 2. The van der Waals surface area contributed by atoms with E-state index in [0.717, 1.165) is 27.9 Å². The van der Waals surface area contributed by atoms with E-state index < -0.39 is 15.4 Å². The molecule has 0 bridgehead atoms. The van der Waals surface area contributed by atoms with E-state index >= 15 is 0 Å². The topological polar surface area (TPSA) is 134 Å². The summed E-state index contributed by atoms with van der Waals surface area (Å²) < 4.78 is 34.6. The number of anilines is 1. The first-order valence-electron chi connectivity index (χ1n) is 16.1. The van der Waals surface area contributed by atoms with Crippen LogP contribution < -0.4 is 5.32 Å². The van der Waals surface area contributed by atoms with Crippen molar-refractivity contribution in [2.24, 2.45) is 0 Å². The molecule has 0 spiro atoms. The van der Waals surface area contributed by atoms with Crippen LogP contribution in [0.25, 0.3) is 22.4 Å². The number of rotatable bonds is 7. The van der Waals surface area contributed by atoms with E-state index in [0.29, 0.717) is 56.5 Å². The van der Waals surface area contributed by atoms with Gasteiger partial charge in [-0.2, -0.15) is 0 Å². The average molecular weight is 672 g/mol. The minimum atomic E-state index is -2.90. The summed E-state index contributed by atoms with van der Waals surface area (Å²) in [4.78, 5) is 37.5. The van der Waals surface area contributed by atoms with Gasteiger partial charge in [-0.15, -0.1) is 0 Å². The van der Waals surface area contributed by atoms with Gasteiger partial charge < -0.3 is 19.8 Å². The molecule has 2 amide bonds. The number of imidazole rings is 1. The number of H-pyrrole nitrogens is 1. The first-order valence-corrected chi connectivity index (χ1v) is 17.9. The molecule has 2 aliphatic rings. The fourth-order valence-electron chi connectivity index (χ4n) is 5.74. The highest BCUT2D eigenvalue weighted by Gasteiger charge is 2.34. The highest BCUT2D eigenvalue weighted by molar-refractivity contribution is 7.91. The predicted octanol–water partition coefficient (Wildman–Crippen LogP) is 5.53. The molecular weight excluding hydrogens is 630 g/mol. The molecule has 3 aromatic carbocycles. The van der Waals surface area contributed by atoms with Gasteiger partial charge in [0.1, 0.15) is 17.5 Å². The largest absolute Gasteiger partial charge is 0.444 e. The molecule has 2 N–H and O–H groups in total. The summed E-state index contributed by atoms with van der Waals surface area (Å²) in [5.41, 5.74) is 5.47. The third-order valence-electron chi connectivity index (χ3n) is 8.40. The standard InChI is InChI=1S/C36H41N5O6S/c1-36(2,3)47-35(43)41-16-19-46-24-32(41)33-37-22-31(39-33)28-10-6-26(7-11-28)27-8-12-29(13-9-27)34(42)38-30-14-4-25(5-15-30)23-40-17-20-48(44,45)21-18-40/h4-15,22,32H,16-21,23-24H2,1-3H3,(H,37,39)(H,38,42)/t32-/m0/s1. The Hall–Kier alpha value is -4.52. The zero-order valence-corrected chi connectivity index (χ0v) is 28.3. The molecule has 11 nitrogen and oxygen atoms in total. The van der Waals surface area contributed by atoms with Gasteiger partial charge in [-0.3, -0.25) is 14.6 Å². The van der Waals surface area contributed by atoms with Gasteiger partial charge in [-0.1, -0.05) is 48.5 Å². The summed E-state index contributed by atoms with van der Waals surface area (Å²) in [7, 11) is -2.90. The molecule has 0 saturated carbocycles. The molecule has 3 heterocycles. The van der Waals surface area contributed by atoms with E-state index in [1.165, 1.54) is 0 Å². The van der Waals surface area contributed by atoms with E-state index in [9.17, 15) is 18.0 Å². The fourth-order valence-corrected chi connectivity index (χ4v) is 7.02. The Morgan fingerprint density at radius 2 is 1.54 bits per heavy atom. The number of carbonyl (C=O) groups is 2. The molecule has 252 valence electrons. The zero-order chi connectivity index (χ0) is 33.9. The van der Waals surface area contributed by atoms with Crippen molar-refractivity contribution in [3.63, 3.8) is 0 Å². The van der Waals surface area contributed by atoms with E-state index in [-0.39, 0.29) is 29.5 Å². The van der Waals surface area contributed by atoms with Crippen LogP contribution in [0.2, 0.25) is 0 Å². The lowest BCUT2D eigenvalue weighted by atomic mass is 10.0. The van der Waals surface area contributed by atoms with Crippen molar-refractivity contribution >= 4 is 27.5 Å². The van der Waals surface area contributed by atoms with Crippen molar-refractivity contribution < 1.29 is 27.5 Å². The Morgan fingerprint density at radius 1 is 0.917 bits per heavy atom. The van der Waals surface area contributed by atoms with Crippen molar-refractivity contribution in [3.05, 3.63) is 95.9 Å². The maximum absolute atomic E-state index is 12.9. The van der Waals surface area contributed by atoms with Gasteiger partial charge in [0, 0.05) is 37.4 Å². The number of aromatic nitrogens is 2. The van der Waals surface area contributed by atoms with Crippen molar-refractivity contribution in [1.29, 1.82) is 0 Å². The van der Waals surface area contributed by atoms with Crippen molar-refractivity contribution in [2.75, 3.05) is 49.7 Å². The number of sulfone groups is 1. The van der Waals surface area contributed by atoms with Crippen LogP contribution in [-0.4, -0.2) is 90.1 Å². The summed E-state index contributed by atoms with van der Waals surface area (Å²) in [5.74, 6) is 0.843. The normalized spacial score (nSPS) is 18.3. The molecular formula is C36H41N5O6S. The van der Waals surface area contributed by atoms with Gasteiger partial charge in [0.2, 0.25) is 0 Å². The molecule has 0 aliphatic carbocycles. The lowest BCUT2D eigenvalue weighted by molar-refractivity contribution is -0.0349. The van der Waals surface area contributed by atoms with E-state index in [1.54, 1.807) is 23.2 Å². The Kier molecular flexibility index (Phi) is 9.68. The number of aromatic amines is 1. The number of hydrogen-bond acceptors (Lipinski definition) is 8. The van der Waals surface area contributed by atoms with Crippen molar-refractivity contribution in [3.8, 4) is 22.4 Å².